The lowest BCUT2D eigenvalue weighted by atomic mass is 10.2. The molecule has 0 aromatic carbocycles. The SMILES string of the molecule is Cc1ccc(OC2CCN(C(=O)CC3CSc4nc5c(c(=O)n43)CCC5)C2)nn1. The number of nitrogens with zero attached hydrogens (tertiary/aromatic N) is 5. The van der Waals surface area contributed by atoms with Crippen molar-refractivity contribution in [3.8, 4) is 5.88 Å². The summed E-state index contributed by atoms with van der Waals surface area (Å²) in [7, 11) is 0. The first-order valence-corrected chi connectivity index (χ1v) is 11.1. The van der Waals surface area contributed by atoms with Gasteiger partial charge in [-0.15, -0.1) is 5.10 Å². The van der Waals surface area contributed by atoms with Gasteiger partial charge in [-0.25, -0.2) is 4.98 Å². The van der Waals surface area contributed by atoms with Crippen LogP contribution in [-0.2, 0) is 17.6 Å². The van der Waals surface area contributed by atoms with Gasteiger partial charge in [0.1, 0.15) is 6.10 Å². The molecule has 152 valence electrons. The second kappa shape index (κ2) is 7.44. The first-order valence-electron chi connectivity index (χ1n) is 10.1. The lowest BCUT2D eigenvalue weighted by molar-refractivity contribution is -0.131. The third-order valence-electron chi connectivity index (χ3n) is 5.84. The fourth-order valence-corrected chi connectivity index (χ4v) is 5.46. The van der Waals surface area contributed by atoms with Crippen LogP contribution in [0, 0.1) is 6.92 Å². The monoisotopic (exact) mass is 413 g/mol. The van der Waals surface area contributed by atoms with Gasteiger partial charge in [-0.2, -0.15) is 5.10 Å². The molecule has 4 heterocycles. The topological polar surface area (TPSA) is 90.2 Å². The maximum Gasteiger partial charge on any atom is 0.257 e. The molecule has 0 bridgehead atoms. The molecule has 2 aromatic heterocycles. The molecule has 1 fully saturated rings. The Balaban J connectivity index is 1.24. The zero-order valence-corrected chi connectivity index (χ0v) is 17.2. The van der Waals surface area contributed by atoms with E-state index in [0.29, 0.717) is 25.4 Å². The fourth-order valence-electron chi connectivity index (χ4n) is 4.30. The summed E-state index contributed by atoms with van der Waals surface area (Å²) in [5.41, 5.74) is 2.71. The number of fused-ring (bicyclic) bond motifs is 2. The van der Waals surface area contributed by atoms with E-state index in [9.17, 15) is 9.59 Å². The highest BCUT2D eigenvalue weighted by Crippen LogP contribution is 2.34. The minimum Gasteiger partial charge on any atom is -0.471 e. The molecule has 9 heteroatoms. The van der Waals surface area contributed by atoms with Gasteiger partial charge in [-0.1, -0.05) is 11.8 Å². The van der Waals surface area contributed by atoms with Crippen LogP contribution in [0.25, 0.3) is 0 Å². The normalized spacial score (nSPS) is 22.6. The number of carbonyl (C=O) groups is 1. The van der Waals surface area contributed by atoms with Gasteiger partial charge < -0.3 is 9.64 Å². The summed E-state index contributed by atoms with van der Waals surface area (Å²) in [6, 6.07) is 3.55. The molecule has 2 unspecified atom stereocenters. The van der Waals surface area contributed by atoms with Gasteiger partial charge in [-0.3, -0.25) is 14.2 Å². The molecule has 1 aliphatic carbocycles. The minimum absolute atomic E-state index is 0.0610. The third kappa shape index (κ3) is 3.52. The van der Waals surface area contributed by atoms with Crippen LogP contribution in [-0.4, -0.2) is 55.5 Å². The summed E-state index contributed by atoms with van der Waals surface area (Å²) in [5.74, 6) is 1.28. The number of ether oxygens (including phenoxy) is 1. The first-order chi connectivity index (χ1) is 14.1. The summed E-state index contributed by atoms with van der Waals surface area (Å²) in [5, 5.41) is 8.81. The van der Waals surface area contributed by atoms with E-state index < -0.39 is 0 Å². The molecule has 3 aliphatic rings. The van der Waals surface area contributed by atoms with Crippen LogP contribution >= 0.6 is 11.8 Å². The van der Waals surface area contributed by atoms with Gasteiger partial charge >= 0.3 is 0 Å². The van der Waals surface area contributed by atoms with Gasteiger partial charge in [-0.05, 0) is 32.3 Å². The molecular weight excluding hydrogens is 390 g/mol. The minimum atomic E-state index is -0.115. The van der Waals surface area contributed by atoms with Crippen molar-refractivity contribution in [2.24, 2.45) is 0 Å². The molecule has 0 saturated carbocycles. The number of aromatic nitrogens is 4. The van der Waals surface area contributed by atoms with Crippen LogP contribution in [0.2, 0.25) is 0 Å². The molecule has 0 spiro atoms. The number of rotatable bonds is 4. The zero-order chi connectivity index (χ0) is 20.0. The Labute approximate surface area is 172 Å². The average molecular weight is 414 g/mol. The standard InChI is InChI=1S/C20H23N5O3S/c1-12-5-6-17(23-22-12)28-14-7-8-24(10-14)18(26)9-13-11-29-20-21-16-4-2-3-15(16)19(27)25(13)20/h5-6,13-14H,2-4,7-11H2,1H3. The van der Waals surface area contributed by atoms with Gasteiger partial charge in [0.15, 0.2) is 5.16 Å². The Morgan fingerprint density at radius 3 is 3.03 bits per heavy atom. The fraction of sp³-hybridized carbons (Fsp3) is 0.550. The van der Waals surface area contributed by atoms with E-state index in [-0.39, 0.29) is 23.6 Å². The van der Waals surface area contributed by atoms with Crippen molar-refractivity contribution in [2.45, 2.75) is 56.3 Å². The van der Waals surface area contributed by atoms with Crippen LogP contribution in [0.4, 0.5) is 0 Å². The van der Waals surface area contributed by atoms with Crippen molar-refractivity contribution in [1.29, 1.82) is 0 Å². The van der Waals surface area contributed by atoms with E-state index >= 15 is 0 Å². The second-order valence-corrected chi connectivity index (χ2v) is 8.89. The predicted molar refractivity (Wildman–Crippen MR) is 107 cm³/mol. The van der Waals surface area contributed by atoms with Crippen LogP contribution < -0.4 is 10.3 Å². The van der Waals surface area contributed by atoms with Gasteiger partial charge in [0.2, 0.25) is 11.8 Å². The molecular formula is C20H23N5O3S. The lowest BCUT2D eigenvalue weighted by Crippen LogP contribution is -2.35. The first kappa shape index (κ1) is 18.6. The number of carbonyl (C=O) groups excluding carboxylic acids is 1. The summed E-state index contributed by atoms with van der Waals surface area (Å²) in [6.07, 6.45) is 3.72. The molecule has 0 N–H and O–H groups in total. The molecule has 8 nitrogen and oxygen atoms in total. The summed E-state index contributed by atoms with van der Waals surface area (Å²) in [4.78, 5) is 32.3. The van der Waals surface area contributed by atoms with E-state index in [1.807, 2.05) is 17.9 Å². The second-order valence-electron chi connectivity index (χ2n) is 7.90. The van der Waals surface area contributed by atoms with Crippen molar-refractivity contribution in [1.82, 2.24) is 24.6 Å². The lowest BCUT2D eigenvalue weighted by Gasteiger charge is -2.20. The van der Waals surface area contributed by atoms with E-state index in [1.54, 1.807) is 22.4 Å². The largest absolute Gasteiger partial charge is 0.471 e. The highest BCUT2D eigenvalue weighted by molar-refractivity contribution is 7.99. The van der Waals surface area contributed by atoms with Crippen LogP contribution in [0.1, 0.15) is 42.3 Å². The van der Waals surface area contributed by atoms with Crippen molar-refractivity contribution < 1.29 is 9.53 Å². The van der Waals surface area contributed by atoms with Gasteiger partial charge in [0.05, 0.1) is 24.0 Å². The molecule has 0 radical (unpaired) electrons. The Hall–Kier alpha value is -2.42. The van der Waals surface area contributed by atoms with E-state index in [2.05, 4.69) is 15.2 Å². The Morgan fingerprint density at radius 2 is 2.21 bits per heavy atom. The van der Waals surface area contributed by atoms with Gasteiger partial charge in [0.25, 0.3) is 5.56 Å². The van der Waals surface area contributed by atoms with Crippen molar-refractivity contribution in [3.63, 3.8) is 0 Å². The quantitative estimate of drug-likeness (QED) is 0.703. The number of hydrogen-bond acceptors (Lipinski definition) is 7. The number of hydrogen-bond donors (Lipinski definition) is 0. The summed E-state index contributed by atoms with van der Waals surface area (Å²) in [6.45, 7) is 3.08. The smallest absolute Gasteiger partial charge is 0.257 e. The Kier molecular flexibility index (Phi) is 4.77. The molecule has 2 aliphatic heterocycles. The maximum absolute atomic E-state index is 12.9. The third-order valence-corrected chi connectivity index (χ3v) is 6.94. The molecule has 2 aromatic rings. The number of amides is 1. The van der Waals surface area contributed by atoms with Crippen molar-refractivity contribution in [3.05, 3.63) is 39.4 Å². The van der Waals surface area contributed by atoms with E-state index in [1.165, 1.54) is 0 Å². The van der Waals surface area contributed by atoms with E-state index in [4.69, 9.17) is 4.74 Å². The predicted octanol–water partition coefficient (Wildman–Crippen LogP) is 1.55. The highest BCUT2D eigenvalue weighted by atomic mass is 32.2. The molecule has 1 amide bonds. The Morgan fingerprint density at radius 1 is 1.31 bits per heavy atom. The maximum atomic E-state index is 12.9. The molecule has 2 atom stereocenters. The number of likely N-dealkylation sites (tertiary alicyclic amines) is 1. The molecule has 5 rings (SSSR count). The van der Waals surface area contributed by atoms with Crippen molar-refractivity contribution >= 4 is 17.7 Å². The van der Waals surface area contributed by atoms with Gasteiger partial charge in [0, 0.05) is 36.8 Å². The van der Waals surface area contributed by atoms with Crippen molar-refractivity contribution in [2.75, 3.05) is 18.8 Å². The Bertz CT molecular complexity index is 1010. The van der Waals surface area contributed by atoms with Crippen LogP contribution in [0.5, 0.6) is 5.88 Å². The van der Waals surface area contributed by atoms with Crippen LogP contribution in [0.15, 0.2) is 22.1 Å². The number of thioether (sulfide) groups is 1. The molecule has 29 heavy (non-hydrogen) atoms. The number of aryl methyl sites for hydroxylation is 2. The van der Waals surface area contributed by atoms with Crippen LogP contribution in [0.3, 0.4) is 0 Å². The van der Waals surface area contributed by atoms with E-state index in [0.717, 1.165) is 53.5 Å². The molecule has 1 saturated heterocycles. The zero-order valence-electron chi connectivity index (χ0n) is 16.3. The summed E-state index contributed by atoms with van der Waals surface area (Å²) >= 11 is 1.59. The summed E-state index contributed by atoms with van der Waals surface area (Å²) < 4.78 is 7.63. The highest BCUT2D eigenvalue weighted by Gasteiger charge is 2.34. The average Bonchev–Trinajstić information content (AvgIpc) is 3.44.